The molecule has 0 spiro atoms. The first-order chi connectivity index (χ1) is 16.9. The number of aromatic nitrogens is 2. The minimum atomic E-state index is -4.76. The summed E-state index contributed by atoms with van der Waals surface area (Å²) >= 11 is 0. The highest BCUT2D eigenvalue weighted by Gasteiger charge is 2.59. The molecule has 1 aliphatic carbocycles. The van der Waals surface area contributed by atoms with Gasteiger partial charge in [-0.2, -0.15) is 13.2 Å². The molecule has 3 aromatic rings. The van der Waals surface area contributed by atoms with Crippen molar-refractivity contribution < 1.29 is 31.9 Å². The number of hydrogen-bond donors (Lipinski definition) is 2. The molecule has 1 aromatic carbocycles. The van der Waals surface area contributed by atoms with Gasteiger partial charge in [0.25, 0.3) is 5.91 Å². The number of aliphatic hydroxyl groups is 1. The summed E-state index contributed by atoms with van der Waals surface area (Å²) in [6.07, 6.45) is -3.77. The average molecular weight is 508 g/mol. The third-order valence-electron chi connectivity index (χ3n) is 6.80. The Balaban J connectivity index is 1.67. The molecule has 5 rings (SSSR count). The van der Waals surface area contributed by atoms with Gasteiger partial charge in [-0.15, -0.1) is 0 Å². The van der Waals surface area contributed by atoms with Crippen molar-refractivity contribution in [3.05, 3.63) is 63.9 Å². The van der Waals surface area contributed by atoms with Gasteiger partial charge in [0.05, 0.1) is 11.0 Å². The zero-order valence-electron chi connectivity index (χ0n) is 18.9. The number of piperidine rings is 1. The van der Waals surface area contributed by atoms with Gasteiger partial charge < -0.3 is 15.3 Å². The first kappa shape index (κ1) is 24.2. The van der Waals surface area contributed by atoms with E-state index in [1.54, 1.807) is 10.2 Å². The molecule has 1 amide bonds. The van der Waals surface area contributed by atoms with E-state index in [0.29, 0.717) is 25.3 Å². The topological polar surface area (TPSA) is 87.5 Å². The van der Waals surface area contributed by atoms with Crippen molar-refractivity contribution in [2.75, 3.05) is 18.0 Å². The number of para-hydroxylation sites is 1. The number of anilines is 1. The first-order valence-corrected chi connectivity index (χ1v) is 11.3. The van der Waals surface area contributed by atoms with E-state index in [2.05, 4.69) is 4.98 Å². The molecule has 0 bridgehead atoms. The Labute approximate surface area is 201 Å². The van der Waals surface area contributed by atoms with Crippen molar-refractivity contribution >= 4 is 22.8 Å². The predicted molar refractivity (Wildman–Crippen MR) is 120 cm³/mol. The van der Waals surface area contributed by atoms with Crippen LogP contribution in [0, 0.1) is 17.6 Å². The third kappa shape index (κ3) is 3.98. The molecule has 2 unspecified atom stereocenters. The highest BCUT2D eigenvalue weighted by Crippen LogP contribution is 2.50. The fraction of sp³-hybridized carbons (Fsp3) is 0.375. The van der Waals surface area contributed by atoms with E-state index < -0.39 is 58.5 Å². The number of amides is 1. The lowest BCUT2D eigenvalue weighted by atomic mass is 10.1. The lowest BCUT2D eigenvalue weighted by Gasteiger charge is -2.22. The molecule has 7 nitrogen and oxygen atoms in total. The number of fused-ring (bicyclic) bond motifs is 2. The van der Waals surface area contributed by atoms with Crippen LogP contribution in [0.25, 0.3) is 16.7 Å². The van der Waals surface area contributed by atoms with Gasteiger partial charge in [-0.1, -0.05) is 13.0 Å². The number of rotatable bonds is 5. The maximum absolute atomic E-state index is 14.8. The Morgan fingerprint density at radius 1 is 1.25 bits per heavy atom. The lowest BCUT2D eigenvalue weighted by molar-refractivity contribution is -0.153. The van der Waals surface area contributed by atoms with E-state index in [4.69, 9.17) is 0 Å². The molecule has 1 saturated heterocycles. The number of alkyl halides is 3. The molecule has 3 atom stereocenters. The Bertz CT molecular complexity index is 1420. The molecule has 12 heteroatoms. The third-order valence-corrected chi connectivity index (χ3v) is 6.80. The second-order valence-electron chi connectivity index (χ2n) is 9.21. The van der Waals surface area contributed by atoms with Crippen LogP contribution >= 0.6 is 0 Å². The van der Waals surface area contributed by atoms with E-state index in [0.717, 1.165) is 29.0 Å². The van der Waals surface area contributed by atoms with Gasteiger partial charge in [0.2, 0.25) is 5.43 Å². The minimum absolute atomic E-state index is 0.0763. The van der Waals surface area contributed by atoms with Crippen LogP contribution in [-0.4, -0.2) is 51.5 Å². The SMILES string of the molecule is CC[C@@H](NC(=O)c1cn(-c2c(F)cccc2F)c2nc(N3CC4CC4(O)C3)ccc2c1=O)C(F)(F)F. The number of benzene rings is 1. The van der Waals surface area contributed by atoms with Gasteiger partial charge in [0.15, 0.2) is 5.65 Å². The average Bonchev–Trinajstić information content (AvgIpc) is 3.33. The van der Waals surface area contributed by atoms with Gasteiger partial charge in [-0.25, -0.2) is 13.8 Å². The van der Waals surface area contributed by atoms with Gasteiger partial charge in [-0.05, 0) is 37.1 Å². The molecule has 0 radical (unpaired) electrons. The molecule has 2 aliphatic rings. The summed E-state index contributed by atoms with van der Waals surface area (Å²) in [5, 5.41) is 11.9. The fourth-order valence-electron chi connectivity index (χ4n) is 4.70. The van der Waals surface area contributed by atoms with Gasteiger partial charge in [-0.3, -0.25) is 14.2 Å². The van der Waals surface area contributed by atoms with E-state index >= 15 is 0 Å². The number of hydrogen-bond acceptors (Lipinski definition) is 5. The number of halogens is 5. The fourth-order valence-corrected chi connectivity index (χ4v) is 4.70. The normalized spacial score (nSPS) is 22.0. The van der Waals surface area contributed by atoms with Crippen LogP contribution in [0.4, 0.5) is 27.8 Å². The zero-order valence-corrected chi connectivity index (χ0v) is 18.9. The summed E-state index contributed by atoms with van der Waals surface area (Å²) in [7, 11) is 0. The Hall–Kier alpha value is -3.54. The Morgan fingerprint density at radius 2 is 1.94 bits per heavy atom. The number of carbonyl (C=O) groups excluding carboxylic acids is 1. The van der Waals surface area contributed by atoms with Crippen LogP contribution in [0.5, 0.6) is 0 Å². The quantitative estimate of drug-likeness (QED) is 0.517. The molecular formula is C24H21F5N4O3. The molecule has 1 saturated carbocycles. The molecule has 1 aliphatic heterocycles. The van der Waals surface area contributed by atoms with Crippen LogP contribution in [0.3, 0.4) is 0 Å². The number of carbonyl (C=O) groups is 1. The smallest absolute Gasteiger partial charge is 0.388 e. The zero-order chi connectivity index (χ0) is 26.0. The van der Waals surface area contributed by atoms with E-state index in [1.807, 2.05) is 0 Å². The van der Waals surface area contributed by atoms with Crippen LogP contribution in [-0.2, 0) is 0 Å². The highest BCUT2D eigenvalue weighted by atomic mass is 19.4. The van der Waals surface area contributed by atoms with Crippen LogP contribution in [0.1, 0.15) is 30.1 Å². The predicted octanol–water partition coefficient (Wildman–Crippen LogP) is 3.31. The second-order valence-corrected chi connectivity index (χ2v) is 9.21. The number of nitrogens with zero attached hydrogens (tertiary/aromatic N) is 3. The minimum Gasteiger partial charge on any atom is -0.388 e. The van der Waals surface area contributed by atoms with Gasteiger partial charge in [0, 0.05) is 25.2 Å². The van der Waals surface area contributed by atoms with Crippen LogP contribution in [0.15, 0.2) is 41.3 Å². The van der Waals surface area contributed by atoms with Gasteiger partial charge in [0.1, 0.15) is 34.7 Å². The van der Waals surface area contributed by atoms with Crippen LogP contribution in [0.2, 0.25) is 0 Å². The first-order valence-electron chi connectivity index (χ1n) is 11.3. The van der Waals surface area contributed by atoms with Crippen molar-refractivity contribution in [2.24, 2.45) is 5.92 Å². The summed E-state index contributed by atoms with van der Waals surface area (Å²) < 4.78 is 70.1. The molecule has 36 heavy (non-hydrogen) atoms. The van der Waals surface area contributed by atoms with Gasteiger partial charge >= 0.3 is 6.18 Å². The Kier molecular flexibility index (Phi) is 5.54. The van der Waals surface area contributed by atoms with Crippen molar-refractivity contribution in [3.8, 4) is 5.69 Å². The number of nitrogens with one attached hydrogen (secondary N) is 1. The molecule has 190 valence electrons. The molecule has 2 fully saturated rings. The standard InChI is InChI=1S/C24H21F5N4O3/c1-2-17(24(27,28)29)30-22(35)14-10-33(19-15(25)4-3-5-16(19)26)21-13(20(14)34)6-7-18(31-21)32-9-12-8-23(12,36)11-32/h3-7,10,12,17,36H,2,8-9,11H2,1H3,(H,30,35)/t12?,17-,23?/m1/s1. The monoisotopic (exact) mass is 508 g/mol. The maximum atomic E-state index is 14.8. The summed E-state index contributed by atoms with van der Waals surface area (Å²) in [5.41, 5.74) is -3.31. The Morgan fingerprint density at radius 3 is 2.53 bits per heavy atom. The van der Waals surface area contributed by atoms with E-state index in [9.17, 15) is 36.6 Å². The maximum Gasteiger partial charge on any atom is 0.408 e. The second kappa shape index (κ2) is 8.26. The lowest BCUT2D eigenvalue weighted by Crippen LogP contribution is -2.46. The molecule has 2 N–H and O–H groups in total. The molecule has 2 aromatic heterocycles. The van der Waals surface area contributed by atoms with E-state index in [-0.39, 0.29) is 17.0 Å². The summed E-state index contributed by atoms with van der Waals surface area (Å²) in [5.74, 6) is -2.97. The molecular weight excluding hydrogens is 487 g/mol. The largest absolute Gasteiger partial charge is 0.408 e. The van der Waals surface area contributed by atoms with Crippen molar-refractivity contribution in [2.45, 2.75) is 37.6 Å². The molecule has 3 heterocycles. The van der Waals surface area contributed by atoms with Crippen molar-refractivity contribution in [1.82, 2.24) is 14.9 Å². The number of β-amino-alcohol motifs (C(OH)–C–C–N with tert-alkyl or cyclic N) is 1. The van der Waals surface area contributed by atoms with Crippen molar-refractivity contribution in [3.63, 3.8) is 0 Å². The summed E-state index contributed by atoms with van der Waals surface area (Å²) in [4.78, 5) is 32.1. The summed E-state index contributed by atoms with van der Waals surface area (Å²) in [6, 6.07) is 3.61. The number of pyridine rings is 2. The van der Waals surface area contributed by atoms with Crippen molar-refractivity contribution in [1.29, 1.82) is 0 Å². The highest BCUT2D eigenvalue weighted by molar-refractivity contribution is 5.97. The van der Waals surface area contributed by atoms with Crippen LogP contribution < -0.4 is 15.6 Å². The van der Waals surface area contributed by atoms with E-state index in [1.165, 1.54) is 19.1 Å². The summed E-state index contributed by atoms with van der Waals surface area (Å²) in [6.45, 7) is 2.02.